The number of hydrogen-bond acceptors (Lipinski definition) is 10. The van der Waals surface area contributed by atoms with Gasteiger partial charge < -0.3 is 13.8 Å². The Balaban J connectivity index is 1.68. The molecular formula is C20H16N6O3S. The summed E-state index contributed by atoms with van der Waals surface area (Å²) in [5, 5.41) is 8.89. The molecule has 0 spiro atoms. The molecule has 0 amide bonds. The average Bonchev–Trinajstić information content (AvgIpc) is 3.46. The van der Waals surface area contributed by atoms with Crippen LogP contribution in [0.1, 0.15) is 15.4 Å². The summed E-state index contributed by atoms with van der Waals surface area (Å²) in [7, 11) is 1.53. The maximum atomic E-state index is 5.58. The second-order valence-corrected chi connectivity index (χ2v) is 8.16. The van der Waals surface area contributed by atoms with E-state index in [4.69, 9.17) is 13.8 Å². The quantitative estimate of drug-likeness (QED) is 0.417. The number of aromatic nitrogens is 6. The van der Waals surface area contributed by atoms with E-state index in [1.165, 1.54) is 23.2 Å². The van der Waals surface area contributed by atoms with Crippen molar-refractivity contribution in [2.45, 2.75) is 20.8 Å². The Morgan fingerprint density at radius 3 is 2.53 bits per heavy atom. The lowest BCUT2D eigenvalue weighted by atomic mass is 10.1. The molecule has 5 heterocycles. The van der Waals surface area contributed by atoms with Gasteiger partial charge in [0.25, 0.3) is 11.6 Å². The van der Waals surface area contributed by atoms with E-state index in [9.17, 15) is 0 Å². The van der Waals surface area contributed by atoms with Crippen molar-refractivity contribution in [3.63, 3.8) is 0 Å². The van der Waals surface area contributed by atoms with Gasteiger partial charge in [0.15, 0.2) is 0 Å². The third kappa shape index (κ3) is 3.01. The molecule has 0 atom stereocenters. The van der Waals surface area contributed by atoms with E-state index in [-0.39, 0.29) is 0 Å². The summed E-state index contributed by atoms with van der Waals surface area (Å²) in [5.74, 6) is 1.07. The first kappa shape index (κ1) is 18.4. The zero-order valence-electron chi connectivity index (χ0n) is 16.6. The number of hydrogen-bond donors (Lipinski definition) is 0. The predicted octanol–water partition coefficient (Wildman–Crippen LogP) is 4.39. The third-order valence-electron chi connectivity index (χ3n) is 4.67. The van der Waals surface area contributed by atoms with Crippen molar-refractivity contribution >= 4 is 22.4 Å². The topological polar surface area (TPSA) is 113 Å². The number of thiophene rings is 1. The van der Waals surface area contributed by atoms with Crippen LogP contribution in [0.2, 0.25) is 0 Å². The van der Waals surface area contributed by atoms with Crippen LogP contribution >= 0.6 is 11.3 Å². The summed E-state index contributed by atoms with van der Waals surface area (Å²) < 4.78 is 16.2. The van der Waals surface area contributed by atoms with E-state index in [1.807, 2.05) is 13.0 Å². The average molecular weight is 420 g/mol. The Morgan fingerprint density at radius 1 is 0.900 bits per heavy atom. The van der Waals surface area contributed by atoms with Gasteiger partial charge in [0, 0.05) is 21.4 Å². The van der Waals surface area contributed by atoms with Gasteiger partial charge in [-0.3, -0.25) is 0 Å². The number of methoxy groups -OCH3 is 1. The molecule has 0 bridgehead atoms. The molecule has 9 nitrogen and oxygen atoms in total. The fourth-order valence-electron chi connectivity index (χ4n) is 3.30. The molecule has 5 rings (SSSR count). The normalized spacial score (nSPS) is 11.3. The van der Waals surface area contributed by atoms with Gasteiger partial charge in [-0.15, -0.1) is 11.3 Å². The van der Waals surface area contributed by atoms with Crippen molar-refractivity contribution in [3.8, 4) is 40.1 Å². The van der Waals surface area contributed by atoms with E-state index < -0.39 is 0 Å². The number of ether oxygens (including phenoxy) is 1. The fraction of sp³-hybridized carbons (Fsp3) is 0.200. The Bertz CT molecular complexity index is 1390. The van der Waals surface area contributed by atoms with Crippen LogP contribution in [0, 0.1) is 20.8 Å². The highest BCUT2D eigenvalue weighted by Crippen LogP contribution is 2.36. The van der Waals surface area contributed by atoms with Crippen molar-refractivity contribution in [2.75, 3.05) is 7.11 Å². The zero-order valence-corrected chi connectivity index (χ0v) is 17.4. The van der Waals surface area contributed by atoms with E-state index in [0.717, 1.165) is 16.6 Å². The van der Waals surface area contributed by atoms with Crippen LogP contribution in [0.5, 0.6) is 5.88 Å². The number of pyridine rings is 1. The molecule has 0 radical (unpaired) electrons. The molecule has 0 unspecified atom stereocenters. The van der Waals surface area contributed by atoms with E-state index in [2.05, 4.69) is 50.2 Å². The molecule has 0 aliphatic rings. The zero-order chi connectivity index (χ0) is 20.8. The summed E-state index contributed by atoms with van der Waals surface area (Å²) in [4.78, 5) is 19.8. The van der Waals surface area contributed by atoms with E-state index in [1.54, 1.807) is 17.4 Å². The van der Waals surface area contributed by atoms with Gasteiger partial charge in [-0.2, -0.15) is 4.98 Å². The SMILES string of the molecule is COc1cc(-c2noc(-c3cc(-c4cc(C)sc4C)nc4onc(C)c34)n2)ncn1. The second-order valence-electron chi connectivity index (χ2n) is 6.70. The molecule has 0 N–H and O–H groups in total. The molecule has 30 heavy (non-hydrogen) atoms. The van der Waals surface area contributed by atoms with Gasteiger partial charge in [-0.25, -0.2) is 15.0 Å². The van der Waals surface area contributed by atoms with Crippen molar-refractivity contribution in [1.29, 1.82) is 0 Å². The highest BCUT2D eigenvalue weighted by atomic mass is 32.1. The van der Waals surface area contributed by atoms with Gasteiger partial charge in [0.1, 0.15) is 12.0 Å². The van der Waals surface area contributed by atoms with Crippen LogP contribution in [0.3, 0.4) is 0 Å². The van der Waals surface area contributed by atoms with Crippen LogP contribution in [-0.4, -0.2) is 37.4 Å². The lowest BCUT2D eigenvalue weighted by Crippen LogP contribution is -1.92. The Kier molecular flexibility index (Phi) is 4.28. The van der Waals surface area contributed by atoms with E-state index >= 15 is 0 Å². The van der Waals surface area contributed by atoms with Crippen molar-refractivity contribution in [2.24, 2.45) is 0 Å². The summed E-state index contributed by atoms with van der Waals surface area (Å²) in [6.45, 7) is 5.99. The minimum absolute atomic E-state index is 0.326. The minimum Gasteiger partial charge on any atom is -0.481 e. The molecule has 150 valence electrons. The summed E-state index contributed by atoms with van der Waals surface area (Å²) >= 11 is 1.72. The monoisotopic (exact) mass is 420 g/mol. The van der Waals surface area contributed by atoms with Crippen LogP contribution in [0.4, 0.5) is 0 Å². The molecule has 0 saturated carbocycles. The highest BCUT2D eigenvalue weighted by Gasteiger charge is 2.22. The van der Waals surface area contributed by atoms with Crippen LogP contribution in [0.25, 0.3) is 45.3 Å². The molecule has 0 aromatic carbocycles. The lowest BCUT2D eigenvalue weighted by molar-refractivity contribution is 0.397. The van der Waals surface area contributed by atoms with Gasteiger partial charge in [-0.1, -0.05) is 10.3 Å². The van der Waals surface area contributed by atoms with Crippen LogP contribution < -0.4 is 4.74 Å². The van der Waals surface area contributed by atoms with Gasteiger partial charge in [-0.05, 0) is 32.9 Å². The maximum Gasteiger partial charge on any atom is 0.259 e. The molecule has 0 fully saturated rings. The fourth-order valence-corrected chi connectivity index (χ4v) is 4.23. The first-order valence-corrected chi connectivity index (χ1v) is 9.90. The smallest absolute Gasteiger partial charge is 0.259 e. The lowest BCUT2D eigenvalue weighted by Gasteiger charge is -2.03. The first-order chi connectivity index (χ1) is 14.5. The molecule has 5 aromatic rings. The third-order valence-corrected chi connectivity index (χ3v) is 5.64. The highest BCUT2D eigenvalue weighted by molar-refractivity contribution is 7.12. The Morgan fingerprint density at radius 2 is 1.77 bits per heavy atom. The number of aryl methyl sites for hydroxylation is 3. The van der Waals surface area contributed by atoms with Gasteiger partial charge >= 0.3 is 0 Å². The molecular weight excluding hydrogens is 404 g/mol. The molecule has 5 aromatic heterocycles. The van der Waals surface area contributed by atoms with E-state index in [0.29, 0.717) is 40.3 Å². The number of nitrogens with zero attached hydrogens (tertiary/aromatic N) is 6. The van der Waals surface area contributed by atoms with Crippen molar-refractivity contribution in [1.82, 2.24) is 30.2 Å². The molecule has 0 aliphatic carbocycles. The predicted molar refractivity (Wildman–Crippen MR) is 110 cm³/mol. The minimum atomic E-state index is 0.326. The largest absolute Gasteiger partial charge is 0.481 e. The Hall–Kier alpha value is -3.66. The summed E-state index contributed by atoms with van der Waals surface area (Å²) in [5.41, 5.74) is 4.12. The maximum absolute atomic E-state index is 5.58. The van der Waals surface area contributed by atoms with Crippen molar-refractivity contribution in [3.05, 3.63) is 40.0 Å². The summed E-state index contributed by atoms with van der Waals surface area (Å²) in [6, 6.07) is 5.68. The summed E-state index contributed by atoms with van der Waals surface area (Å²) in [6.07, 6.45) is 1.39. The molecule has 0 saturated heterocycles. The Labute approximate surface area is 174 Å². The standard InChI is InChI=1S/C20H16N6O3S/c1-9-5-12(11(3)30-9)14-6-13(17-10(2)25-29-20(17)23-14)19-24-18(26-28-19)15-7-16(27-4)22-8-21-15/h5-8H,1-4H3. The molecule has 10 heteroatoms. The van der Waals surface area contributed by atoms with Crippen LogP contribution in [0.15, 0.2) is 33.6 Å². The van der Waals surface area contributed by atoms with Crippen LogP contribution in [-0.2, 0) is 0 Å². The van der Waals surface area contributed by atoms with Gasteiger partial charge in [0.05, 0.1) is 29.4 Å². The molecule has 0 aliphatic heterocycles. The number of rotatable bonds is 4. The van der Waals surface area contributed by atoms with Gasteiger partial charge in [0.2, 0.25) is 11.7 Å². The van der Waals surface area contributed by atoms with Crippen molar-refractivity contribution < 1.29 is 13.8 Å². The number of fused-ring (bicyclic) bond motifs is 1. The first-order valence-electron chi connectivity index (χ1n) is 9.08. The second kappa shape index (κ2) is 6.99.